The Balaban J connectivity index is 1.95. The van der Waals surface area contributed by atoms with E-state index in [1.807, 2.05) is 17.9 Å². The van der Waals surface area contributed by atoms with Gasteiger partial charge in [-0.25, -0.2) is 0 Å². The van der Waals surface area contributed by atoms with Gasteiger partial charge in [0.1, 0.15) is 5.69 Å². The summed E-state index contributed by atoms with van der Waals surface area (Å²) in [5.41, 5.74) is 7.04. The summed E-state index contributed by atoms with van der Waals surface area (Å²) in [5, 5.41) is 15.9. The molecule has 0 bridgehead atoms. The van der Waals surface area contributed by atoms with Gasteiger partial charge in [0.2, 0.25) is 0 Å². The predicted octanol–water partition coefficient (Wildman–Crippen LogP) is -0.513. The van der Waals surface area contributed by atoms with Gasteiger partial charge in [-0.2, -0.15) is 5.10 Å². The number of aromatic nitrogens is 2. The molecule has 8 heteroatoms. The van der Waals surface area contributed by atoms with Gasteiger partial charge in [-0.05, 0) is 12.5 Å². The summed E-state index contributed by atoms with van der Waals surface area (Å²) in [7, 11) is 1.79. The average Bonchev–Trinajstić information content (AvgIpc) is 2.88. The molecule has 1 aromatic rings. The van der Waals surface area contributed by atoms with E-state index in [9.17, 15) is 4.79 Å². The van der Waals surface area contributed by atoms with Crippen LogP contribution in [0.1, 0.15) is 23.1 Å². The number of amidine groups is 1. The highest BCUT2D eigenvalue weighted by atomic mass is 16.4. The molecule has 3 N–H and O–H groups in total. The molecule has 1 fully saturated rings. The minimum atomic E-state index is 0.00754. The lowest BCUT2D eigenvalue weighted by atomic mass is 10.2. The number of nitrogens with zero attached hydrogens (tertiary/aromatic N) is 5. The van der Waals surface area contributed by atoms with Crippen molar-refractivity contribution in [3.05, 3.63) is 17.5 Å². The Kier molecular flexibility index (Phi) is 4.79. The fraction of sp³-hybridized carbons (Fsp3) is 0.615. The number of hydrogen-bond acceptors (Lipinski definition) is 5. The molecule has 0 spiro atoms. The maximum absolute atomic E-state index is 12.5. The van der Waals surface area contributed by atoms with Gasteiger partial charge in [-0.1, -0.05) is 12.1 Å². The molecule has 8 nitrogen and oxygen atoms in total. The molecule has 21 heavy (non-hydrogen) atoms. The van der Waals surface area contributed by atoms with Crippen LogP contribution in [0.5, 0.6) is 0 Å². The van der Waals surface area contributed by atoms with E-state index in [-0.39, 0.29) is 11.7 Å². The summed E-state index contributed by atoms with van der Waals surface area (Å²) < 4.78 is 1.64. The van der Waals surface area contributed by atoms with Crippen molar-refractivity contribution in [1.29, 1.82) is 0 Å². The van der Waals surface area contributed by atoms with Crippen LogP contribution in [0.15, 0.2) is 11.2 Å². The van der Waals surface area contributed by atoms with E-state index < -0.39 is 0 Å². The van der Waals surface area contributed by atoms with E-state index in [4.69, 9.17) is 10.9 Å². The molecule has 1 amide bonds. The van der Waals surface area contributed by atoms with Crippen LogP contribution < -0.4 is 5.73 Å². The van der Waals surface area contributed by atoms with Gasteiger partial charge in [0.15, 0.2) is 5.84 Å². The highest BCUT2D eigenvalue weighted by molar-refractivity contribution is 5.92. The van der Waals surface area contributed by atoms with Crippen molar-refractivity contribution in [2.45, 2.75) is 13.3 Å². The van der Waals surface area contributed by atoms with Crippen molar-refractivity contribution in [3.8, 4) is 0 Å². The summed E-state index contributed by atoms with van der Waals surface area (Å²) in [6.45, 7) is 5.11. The first-order valence-electron chi connectivity index (χ1n) is 7.06. The lowest BCUT2D eigenvalue weighted by Crippen LogP contribution is -2.50. The van der Waals surface area contributed by atoms with Gasteiger partial charge in [0, 0.05) is 33.2 Å². The van der Waals surface area contributed by atoms with E-state index in [0.29, 0.717) is 38.4 Å². The molecule has 0 atom stereocenters. The second-order valence-electron chi connectivity index (χ2n) is 5.16. The van der Waals surface area contributed by atoms with E-state index in [0.717, 1.165) is 12.1 Å². The lowest BCUT2D eigenvalue weighted by molar-refractivity contribution is 0.0642. The Morgan fingerprint density at radius 2 is 2.10 bits per heavy atom. The zero-order valence-corrected chi connectivity index (χ0v) is 12.5. The number of carbonyl (C=O) groups excluding carboxylic acids is 1. The molecule has 1 aromatic heterocycles. The quantitative estimate of drug-likeness (QED) is 0.337. The van der Waals surface area contributed by atoms with Gasteiger partial charge in [-0.15, -0.1) is 0 Å². The summed E-state index contributed by atoms with van der Waals surface area (Å²) in [5.74, 6) is 0.196. The number of carbonyl (C=O) groups is 1. The third kappa shape index (κ3) is 3.52. The largest absolute Gasteiger partial charge is 0.409 e. The third-order valence-corrected chi connectivity index (χ3v) is 3.69. The standard InChI is InChI=1S/C13H22N6O2/c1-3-10-8-11(17(2)15-10)13(20)19-6-4-18(5-7-19)9-12(14)16-21/h8,21H,3-7,9H2,1-2H3,(H2,14,16). The Labute approximate surface area is 123 Å². The van der Waals surface area contributed by atoms with Gasteiger partial charge in [-0.3, -0.25) is 14.4 Å². The highest BCUT2D eigenvalue weighted by Gasteiger charge is 2.24. The van der Waals surface area contributed by atoms with Crippen LogP contribution in [0.2, 0.25) is 0 Å². The van der Waals surface area contributed by atoms with Crippen LogP contribution >= 0.6 is 0 Å². The molecular formula is C13H22N6O2. The third-order valence-electron chi connectivity index (χ3n) is 3.69. The Bertz CT molecular complexity index is 531. The minimum absolute atomic E-state index is 0.00754. The van der Waals surface area contributed by atoms with Crippen LogP contribution in [0, 0.1) is 0 Å². The monoisotopic (exact) mass is 294 g/mol. The van der Waals surface area contributed by atoms with E-state index in [1.165, 1.54) is 0 Å². The second kappa shape index (κ2) is 6.57. The normalized spacial score (nSPS) is 17.2. The van der Waals surface area contributed by atoms with Crippen LogP contribution in [-0.4, -0.2) is 69.3 Å². The average molecular weight is 294 g/mol. The minimum Gasteiger partial charge on any atom is -0.409 e. The number of aryl methyl sites for hydroxylation is 2. The number of nitrogens with two attached hydrogens (primary N) is 1. The van der Waals surface area contributed by atoms with Crippen molar-refractivity contribution in [2.75, 3.05) is 32.7 Å². The fourth-order valence-corrected chi connectivity index (χ4v) is 2.43. The number of oxime groups is 1. The Morgan fingerprint density at radius 3 is 2.62 bits per heavy atom. The summed E-state index contributed by atoms with van der Waals surface area (Å²) in [6, 6.07) is 1.85. The van der Waals surface area contributed by atoms with Crippen LogP contribution in [-0.2, 0) is 13.5 Å². The fourth-order valence-electron chi connectivity index (χ4n) is 2.43. The molecule has 1 aliphatic rings. The zero-order chi connectivity index (χ0) is 15.4. The second-order valence-corrected chi connectivity index (χ2v) is 5.16. The molecule has 0 saturated carbocycles. The highest BCUT2D eigenvalue weighted by Crippen LogP contribution is 2.10. The topological polar surface area (TPSA) is 100.0 Å². The number of rotatable bonds is 4. The smallest absolute Gasteiger partial charge is 0.272 e. The van der Waals surface area contributed by atoms with E-state index in [1.54, 1.807) is 11.7 Å². The van der Waals surface area contributed by atoms with E-state index in [2.05, 4.69) is 15.2 Å². The maximum Gasteiger partial charge on any atom is 0.272 e. The van der Waals surface area contributed by atoms with Crippen molar-refractivity contribution in [2.24, 2.45) is 17.9 Å². The van der Waals surface area contributed by atoms with Crippen molar-refractivity contribution in [3.63, 3.8) is 0 Å². The Morgan fingerprint density at radius 1 is 1.43 bits per heavy atom. The van der Waals surface area contributed by atoms with Gasteiger partial charge < -0.3 is 15.8 Å². The molecule has 2 rings (SSSR count). The molecule has 116 valence electrons. The number of hydrogen-bond donors (Lipinski definition) is 2. The summed E-state index contributed by atoms with van der Waals surface area (Å²) in [4.78, 5) is 16.4. The molecule has 1 saturated heterocycles. The van der Waals surface area contributed by atoms with Crippen LogP contribution in [0.25, 0.3) is 0 Å². The van der Waals surface area contributed by atoms with E-state index >= 15 is 0 Å². The molecule has 0 unspecified atom stereocenters. The Hall–Kier alpha value is -2.09. The van der Waals surface area contributed by atoms with Gasteiger partial charge in [0.25, 0.3) is 5.91 Å². The summed E-state index contributed by atoms with van der Waals surface area (Å²) >= 11 is 0. The molecule has 0 aliphatic carbocycles. The summed E-state index contributed by atoms with van der Waals surface area (Å²) in [6.07, 6.45) is 0.814. The number of piperazine rings is 1. The molecule has 0 aromatic carbocycles. The molecule has 2 heterocycles. The first kappa shape index (κ1) is 15.3. The zero-order valence-electron chi connectivity index (χ0n) is 12.5. The maximum atomic E-state index is 12.5. The van der Waals surface area contributed by atoms with Gasteiger partial charge in [0.05, 0.1) is 12.2 Å². The lowest BCUT2D eigenvalue weighted by Gasteiger charge is -2.34. The predicted molar refractivity (Wildman–Crippen MR) is 78.3 cm³/mol. The van der Waals surface area contributed by atoms with Crippen molar-refractivity contribution >= 4 is 11.7 Å². The molecule has 1 aliphatic heterocycles. The van der Waals surface area contributed by atoms with Crippen molar-refractivity contribution < 1.29 is 10.0 Å². The molecular weight excluding hydrogens is 272 g/mol. The number of amides is 1. The van der Waals surface area contributed by atoms with Crippen LogP contribution in [0.4, 0.5) is 0 Å². The first-order chi connectivity index (χ1) is 10.0. The van der Waals surface area contributed by atoms with Gasteiger partial charge >= 0.3 is 0 Å². The SMILES string of the molecule is CCc1cc(C(=O)N2CCN(CC(N)=NO)CC2)n(C)n1. The molecule has 0 radical (unpaired) electrons. The van der Waals surface area contributed by atoms with Crippen molar-refractivity contribution in [1.82, 2.24) is 19.6 Å². The van der Waals surface area contributed by atoms with Crippen LogP contribution in [0.3, 0.4) is 0 Å². The first-order valence-corrected chi connectivity index (χ1v) is 7.06.